The Morgan fingerprint density at radius 1 is 0.756 bits per heavy atom. The van der Waals surface area contributed by atoms with Gasteiger partial charge < -0.3 is 24.6 Å². The van der Waals surface area contributed by atoms with E-state index in [-0.39, 0.29) is 5.91 Å². The lowest BCUT2D eigenvalue weighted by atomic mass is 9.80. The number of amides is 1. The van der Waals surface area contributed by atoms with Crippen LogP contribution in [0.15, 0.2) is 78.9 Å². The third-order valence-electron chi connectivity index (χ3n) is 7.49. The Balaban J connectivity index is 1.64. The zero-order chi connectivity index (χ0) is 29.3. The van der Waals surface area contributed by atoms with Gasteiger partial charge >= 0.3 is 0 Å². The minimum Gasteiger partial charge on any atom is -0.497 e. The smallest absolute Gasteiger partial charge is 0.219 e. The minimum absolute atomic E-state index is 0.145. The molecule has 6 heteroatoms. The van der Waals surface area contributed by atoms with Crippen LogP contribution in [0.5, 0.6) is 11.5 Å². The molecule has 1 atom stereocenters. The first kappa shape index (κ1) is 32.2. The lowest BCUT2D eigenvalue weighted by Gasteiger charge is -2.36. The number of methoxy groups -OCH3 is 2. The van der Waals surface area contributed by atoms with E-state index in [1.807, 2.05) is 66.7 Å². The van der Waals surface area contributed by atoms with E-state index in [0.717, 1.165) is 66.7 Å². The van der Waals surface area contributed by atoms with Crippen molar-refractivity contribution >= 4 is 5.91 Å². The van der Waals surface area contributed by atoms with E-state index in [1.54, 1.807) is 14.2 Å². The van der Waals surface area contributed by atoms with E-state index in [0.29, 0.717) is 32.4 Å². The summed E-state index contributed by atoms with van der Waals surface area (Å²) in [5, 5.41) is 13.8. The molecule has 2 N–H and O–H groups in total. The third-order valence-corrected chi connectivity index (χ3v) is 7.49. The summed E-state index contributed by atoms with van der Waals surface area (Å²) in [6, 6.07) is 26.1. The molecule has 3 aromatic rings. The van der Waals surface area contributed by atoms with Gasteiger partial charge in [-0.15, -0.1) is 0 Å². The van der Waals surface area contributed by atoms with Crippen molar-refractivity contribution in [2.45, 2.75) is 76.4 Å². The molecule has 41 heavy (non-hydrogen) atoms. The fraction of sp³-hybridized carbons (Fsp3) is 0.457. The lowest BCUT2D eigenvalue weighted by molar-refractivity contribution is -0.121. The van der Waals surface area contributed by atoms with Crippen LogP contribution in [0.2, 0.25) is 0 Å². The number of carbonyl (C=O) groups is 1. The first-order valence-corrected chi connectivity index (χ1v) is 15.0. The number of rotatable bonds is 19. The van der Waals surface area contributed by atoms with Gasteiger partial charge in [0.2, 0.25) is 5.91 Å². The van der Waals surface area contributed by atoms with Crippen LogP contribution in [-0.4, -0.2) is 44.5 Å². The van der Waals surface area contributed by atoms with Gasteiger partial charge in [-0.05, 0) is 66.6 Å². The fourth-order valence-electron chi connectivity index (χ4n) is 5.10. The summed E-state index contributed by atoms with van der Waals surface area (Å²) < 4.78 is 17.7. The highest BCUT2D eigenvalue weighted by molar-refractivity contribution is 5.75. The summed E-state index contributed by atoms with van der Waals surface area (Å²) in [5.74, 6) is 1.69. The molecule has 0 saturated carbocycles. The van der Waals surface area contributed by atoms with E-state index >= 15 is 0 Å². The Morgan fingerprint density at radius 3 is 1.90 bits per heavy atom. The number of carbonyl (C=O) groups excluding carboxylic acids is 1. The molecule has 1 amide bonds. The largest absolute Gasteiger partial charge is 0.497 e. The van der Waals surface area contributed by atoms with Gasteiger partial charge in [0.05, 0.1) is 26.9 Å². The second-order valence-corrected chi connectivity index (χ2v) is 10.5. The number of aliphatic hydroxyl groups is 1. The molecule has 0 fully saturated rings. The molecule has 0 aliphatic rings. The van der Waals surface area contributed by atoms with Gasteiger partial charge in [0.1, 0.15) is 17.1 Å². The van der Waals surface area contributed by atoms with Crippen molar-refractivity contribution in [2.75, 3.05) is 27.4 Å². The summed E-state index contributed by atoms with van der Waals surface area (Å²) in [4.78, 5) is 11.9. The van der Waals surface area contributed by atoms with Crippen molar-refractivity contribution in [3.8, 4) is 11.5 Å². The zero-order valence-electron chi connectivity index (χ0n) is 24.9. The van der Waals surface area contributed by atoms with Crippen LogP contribution < -0.4 is 14.8 Å². The van der Waals surface area contributed by atoms with Crippen molar-refractivity contribution in [3.05, 3.63) is 95.6 Å². The summed E-state index contributed by atoms with van der Waals surface area (Å²) in [6.07, 6.45) is 7.37. The topological polar surface area (TPSA) is 77.0 Å². The van der Waals surface area contributed by atoms with Crippen molar-refractivity contribution in [3.63, 3.8) is 0 Å². The monoisotopic (exact) mass is 561 g/mol. The maximum absolute atomic E-state index is 11.9. The van der Waals surface area contributed by atoms with Crippen molar-refractivity contribution in [1.82, 2.24) is 5.32 Å². The molecule has 0 aliphatic heterocycles. The Hall–Kier alpha value is -3.35. The van der Waals surface area contributed by atoms with E-state index in [4.69, 9.17) is 14.2 Å². The SMILES string of the molecule is CCCCCC(=O)NCCCCCC(O)CCOC(c1ccccc1)(c1ccc(OC)cc1)c1ccc(OC)cc1. The molecule has 1 unspecified atom stereocenters. The predicted molar refractivity (Wildman–Crippen MR) is 165 cm³/mol. The molecule has 3 aromatic carbocycles. The molecule has 6 nitrogen and oxygen atoms in total. The molecule has 0 aliphatic carbocycles. The summed E-state index contributed by atoms with van der Waals surface area (Å²) >= 11 is 0. The Labute approximate surface area is 246 Å². The van der Waals surface area contributed by atoms with Crippen LogP contribution in [-0.2, 0) is 15.1 Å². The maximum Gasteiger partial charge on any atom is 0.219 e. The number of hydrogen-bond acceptors (Lipinski definition) is 5. The van der Waals surface area contributed by atoms with Crippen molar-refractivity contribution in [2.24, 2.45) is 0 Å². The van der Waals surface area contributed by atoms with E-state index in [1.165, 1.54) is 0 Å². The van der Waals surface area contributed by atoms with Crippen LogP contribution in [0, 0.1) is 0 Å². The first-order valence-electron chi connectivity index (χ1n) is 15.0. The number of hydrogen-bond donors (Lipinski definition) is 2. The van der Waals surface area contributed by atoms with Gasteiger partial charge in [0.15, 0.2) is 0 Å². The normalized spacial score (nSPS) is 12.1. The minimum atomic E-state index is -0.880. The molecule has 0 bridgehead atoms. The van der Waals surface area contributed by atoms with Crippen LogP contribution in [0.25, 0.3) is 0 Å². The van der Waals surface area contributed by atoms with Gasteiger partial charge in [-0.25, -0.2) is 0 Å². The van der Waals surface area contributed by atoms with Gasteiger partial charge in [0.25, 0.3) is 0 Å². The van der Waals surface area contributed by atoms with Gasteiger partial charge in [-0.3, -0.25) is 4.79 Å². The quantitative estimate of drug-likeness (QED) is 0.121. The van der Waals surface area contributed by atoms with Crippen LogP contribution >= 0.6 is 0 Å². The molecule has 0 saturated heterocycles. The average molecular weight is 562 g/mol. The van der Waals surface area contributed by atoms with Crippen LogP contribution in [0.4, 0.5) is 0 Å². The van der Waals surface area contributed by atoms with Crippen LogP contribution in [0.3, 0.4) is 0 Å². The molecule has 0 aromatic heterocycles. The second kappa shape index (κ2) is 17.5. The third kappa shape index (κ3) is 9.61. The number of benzene rings is 3. The highest BCUT2D eigenvalue weighted by Crippen LogP contribution is 2.41. The van der Waals surface area contributed by atoms with Crippen molar-refractivity contribution in [1.29, 1.82) is 0 Å². The molecule has 0 heterocycles. The van der Waals surface area contributed by atoms with Gasteiger partial charge in [-0.2, -0.15) is 0 Å². The molecular weight excluding hydrogens is 514 g/mol. The second-order valence-electron chi connectivity index (χ2n) is 10.5. The lowest BCUT2D eigenvalue weighted by Crippen LogP contribution is -2.34. The highest BCUT2D eigenvalue weighted by atomic mass is 16.5. The summed E-state index contributed by atoms with van der Waals surface area (Å²) in [6.45, 7) is 3.22. The Morgan fingerprint density at radius 2 is 1.34 bits per heavy atom. The first-order chi connectivity index (χ1) is 20.0. The number of ether oxygens (including phenoxy) is 3. The number of aliphatic hydroxyl groups excluding tert-OH is 1. The number of unbranched alkanes of at least 4 members (excludes halogenated alkanes) is 4. The van der Waals surface area contributed by atoms with Crippen molar-refractivity contribution < 1.29 is 24.1 Å². The molecular formula is C35H47NO5. The van der Waals surface area contributed by atoms with E-state index in [2.05, 4.69) is 24.4 Å². The molecule has 222 valence electrons. The average Bonchev–Trinajstić information content (AvgIpc) is 3.02. The predicted octanol–water partition coefficient (Wildman–Crippen LogP) is 7.02. The summed E-state index contributed by atoms with van der Waals surface area (Å²) in [7, 11) is 3.32. The number of nitrogens with one attached hydrogen (secondary N) is 1. The Kier molecular flexibility index (Phi) is 13.7. The summed E-state index contributed by atoms with van der Waals surface area (Å²) in [5.41, 5.74) is 2.07. The molecule has 0 radical (unpaired) electrons. The Bertz CT molecular complexity index is 1080. The molecule has 3 rings (SSSR count). The standard InChI is InChI=1S/C35H47NO5/c1-4-5-8-16-34(38)36-26-12-7-11-15-31(37)25-27-41-35(28-13-9-6-10-14-28,29-17-21-32(39-2)22-18-29)30-19-23-33(40-3)24-20-30/h6,9-10,13-14,17-24,31,37H,4-5,7-8,11-12,15-16,25-27H2,1-3H3,(H,36,38). The van der Waals surface area contributed by atoms with Gasteiger partial charge in [0, 0.05) is 13.0 Å². The fourth-order valence-corrected chi connectivity index (χ4v) is 5.10. The highest BCUT2D eigenvalue weighted by Gasteiger charge is 2.37. The van der Waals surface area contributed by atoms with E-state index < -0.39 is 11.7 Å². The van der Waals surface area contributed by atoms with E-state index in [9.17, 15) is 9.90 Å². The van der Waals surface area contributed by atoms with Crippen LogP contribution in [0.1, 0.15) is 81.4 Å². The zero-order valence-corrected chi connectivity index (χ0v) is 24.9. The van der Waals surface area contributed by atoms with Gasteiger partial charge in [-0.1, -0.05) is 87.2 Å². The maximum atomic E-state index is 11.9. The molecule has 0 spiro atoms.